The molecule has 1 heterocycles. The van der Waals surface area contributed by atoms with Crippen LogP contribution in [-0.2, 0) is 20.2 Å². The van der Waals surface area contributed by atoms with E-state index < -0.39 is 13.4 Å². The lowest BCUT2D eigenvalue weighted by Gasteiger charge is -2.24. The summed E-state index contributed by atoms with van der Waals surface area (Å²) in [6, 6.07) is 17.7. The van der Waals surface area contributed by atoms with Gasteiger partial charge in [0.1, 0.15) is 5.78 Å². The molecule has 2 aromatic rings. The fourth-order valence-electron chi connectivity index (χ4n) is 2.52. The molecule has 1 N–H and O–H groups in total. The molecule has 0 aliphatic carbocycles. The molecular formula is C17H19BrNO3P. The van der Waals surface area contributed by atoms with E-state index in [1.54, 1.807) is 0 Å². The Balaban J connectivity index is 1.84. The van der Waals surface area contributed by atoms with Gasteiger partial charge in [-0.05, 0) is 30.2 Å². The zero-order chi connectivity index (χ0) is 16.3. The van der Waals surface area contributed by atoms with Crippen LogP contribution in [0.3, 0.4) is 0 Å². The Morgan fingerprint density at radius 2 is 1.91 bits per heavy atom. The first-order valence-corrected chi connectivity index (χ1v) is 9.93. The van der Waals surface area contributed by atoms with E-state index in [1.807, 2.05) is 61.5 Å². The fourth-order valence-corrected chi connectivity index (χ4v) is 4.95. The summed E-state index contributed by atoms with van der Waals surface area (Å²) in [5.41, 5.74) is 2.01. The van der Waals surface area contributed by atoms with E-state index in [4.69, 9.17) is 9.05 Å². The summed E-state index contributed by atoms with van der Waals surface area (Å²) in [5.74, 6) is -0.485. The zero-order valence-corrected chi connectivity index (χ0v) is 15.3. The van der Waals surface area contributed by atoms with Gasteiger partial charge < -0.3 is 9.05 Å². The third-order valence-electron chi connectivity index (χ3n) is 3.66. The maximum atomic E-state index is 13.1. The molecule has 0 saturated carbocycles. The first-order valence-electron chi connectivity index (χ1n) is 7.52. The molecule has 2 aromatic carbocycles. The van der Waals surface area contributed by atoms with Crippen molar-refractivity contribution in [2.24, 2.45) is 0 Å². The number of hydrogen-bond donors (Lipinski definition) is 1. The number of nitrogens with one attached hydrogen (secondary N) is 1. The number of halogens is 1. The molecule has 0 radical (unpaired) electrons. The van der Waals surface area contributed by atoms with Crippen molar-refractivity contribution in [3.8, 4) is 0 Å². The topological polar surface area (TPSA) is 47.6 Å². The van der Waals surface area contributed by atoms with Crippen molar-refractivity contribution in [1.29, 1.82) is 0 Å². The molecule has 0 amide bonds. The van der Waals surface area contributed by atoms with Crippen LogP contribution < -0.4 is 5.32 Å². The summed E-state index contributed by atoms with van der Waals surface area (Å²) in [6.07, 6.45) is -0.155. The van der Waals surface area contributed by atoms with Crippen LogP contribution in [0.4, 0.5) is 0 Å². The summed E-state index contributed by atoms with van der Waals surface area (Å²) >= 11 is 3.42. The van der Waals surface area contributed by atoms with Crippen molar-refractivity contribution in [2.45, 2.75) is 25.4 Å². The van der Waals surface area contributed by atoms with Crippen LogP contribution in [0.25, 0.3) is 0 Å². The van der Waals surface area contributed by atoms with Crippen LogP contribution in [0.2, 0.25) is 0 Å². The van der Waals surface area contributed by atoms with E-state index in [9.17, 15) is 4.57 Å². The van der Waals surface area contributed by atoms with Gasteiger partial charge in [0.25, 0.3) is 0 Å². The molecular weight excluding hydrogens is 377 g/mol. The molecule has 1 saturated heterocycles. The summed E-state index contributed by atoms with van der Waals surface area (Å²) < 4.78 is 25.3. The van der Waals surface area contributed by atoms with Gasteiger partial charge in [0.15, 0.2) is 0 Å². The van der Waals surface area contributed by atoms with Crippen LogP contribution >= 0.6 is 23.5 Å². The highest BCUT2D eigenvalue weighted by Crippen LogP contribution is 2.63. The Labute approximate surface area is 144 Å². The van der Waals surface area contributed by atoms with Crippen LogP contribution in [0.1, 0.15) is 23.8 Å². The van der Waals surface area contributed by atoms with Gasteiger partial charge in [-0.1, -0.05) is 58.4 Å². The van der Waals surface area contributed by atoms with Gasteiger partial charge in [0.2, 0.25) is 0 Å². The molecule has 1 aliphatic rings. The largest absolute Gasteiger partial charge is 0.352 e. The minimum absolute atomic E-state index is 0.155. The van der Waals surface area contributed by atoms with E-state index in [1.165, 1.54) is 0 Å². The van der Waals surface area contributed by atoms with E-state index in [2.05, 4.69) is 21.2 Å². The highest BCUT2D eigenvalue weighted by atomic mass is 79.9. The average molecular weight is 396 g/mol. The molecule has 23 heavy (non-hydrogen) atoms. The Hall–Kier alpha value is -0.970. The predicted molar refractivity (Wildman–Crippen MR) is 94.3 cm³/mol. The fraction of sp³-hybridized carbons (Fsp3) is 0.294. The van der Waals surface area contributed by atoms with Crippen molar-refractivity contribution in [3.63, 3.8) is 0 Å². The van der Waals surface area contributed by atoms with E-state index >= 15 is 0 Å². The first kappa shape index (κ1) is 16.9. The van der Waals surface area contributed by atoms with Gasteiger partial charge in [-0.3, -0.25) is 9.88 Å². The van der Waals surface area contributed by atoms with Gasteiger partial charge in [-0.2, -0.15) is 0 Å². The molecule has 3 rings (SSSR count). The summed E-state index contributed by atoms with van der Waals surface area (Å²) in [5, 5.41) is 3.35. The van der Waals surface area contributed by atoms with E-state index in [0.29, 0.717) is 13.2 Å². The van der Waals surface area contributed by atoms with Crippen molar-refractivity contribution < 1.29 is 13.6 Å². The maximum Gasteiger partial charge on any atom is 0.352 e. The highest BCUT2D eigenvalue weighted by Gasteiger charge is 2.43. The minimum Gasteiger partial charge on any atom is -0.304 e. The van der Waals surface area contributed by atoms with Gasteiger partial charge in [-0.15, -0.1) is 0 Å². The minimum atomic E-state index is -3.24. The highest BCUT2D eigenvalue weighted by molar-refractivity contribution is 9.10. The van der Waals surface area contributed by atoms with Gasteiger partial charge in [-0.25, -0.2) is 0 Å². The van der Waals surface area contributed by atoms with Crippen molar-refractivity contribution >= 4 is 23.5 Å². The molecule has 0 unspecified atom stereocenters. The maximum absolute atomic E-state index is 13.1. The number of hydrogen-bond acceptors (Lipinski definition) is 4. The predicted octanol–water partition coefficient (Wildman–Crippen LogP) is 4.87. The smallest absolute Gasteiger partial charge is 0.304 e. The Morgan fingerprint density at radius 3 is 2.52 bits per heavy atom. The van der Waals surface area contributed by atoms with E-state index in [-0.39, 0.29) is 6.10 Å². The zero-order valence-electron chi connectivity index (χ0n) is 12.8. The second kappa shape index (κ2) is 7.29. The van der Waals surface area contributed by atoms with Crippen LogP contribution in [0, 0.1) is 0 Å². The van der Waals surface area contributed by atoms with Crippen molar-refractivity contribution in [2.75, 3.05) is 6.61 Å². The first-order chi connectivity index (χ1) is 11.1. The quantitative estimate of drug-likeness (QED) is 0.733. The molecule has 1 aliphatic heterocycles. The number of benzene rings is 2. The standard InChI is InChI=1S/C17H19BrNO3P/c1-13-12-21-23(20,22-13)17(15-7-9-16(18)10-8-15)19-11-14-5-3-2-4-6-14/h2-10,13,17,19H,11-12H2,1H3/t13-,17+,23-/m0/s1. The normalized spacial score (nSPS) is 25.4. The van der Waals surface area contributed by atoms with Crippen LogP contribution in [0.5, 0.6) is 0 Å². The lowest BCUT2D eigenvalue weighted by molar-refractivity contribution is 0.253. The lowest BCUT2D eigenvalue weighted by atomic mass is 10.2. The third-order valence-corrected chi connectivity index (χ3v) is 6.46. The van der Waals surface area contributed by atoms with Gasteiger partial charge >= 0.3 is 7.60 Å². The monoisotopic (exact) mass is 395 g/mol. The molecule has 6 heteroatoms. The molecule has 0 aromatic heterocycles. The SMILES string of the molecule is C[C@H]1CO[P@@](=O)([C@@H](NCc2ccccc2)c2ccc(Br)cc2)O1. The second-order valence-electron chi connectivity index (χ2n) is 5.57. The van der Waals surface area contributed by atoms with E-state index in [0.717, 1.165) is 15.6 Å². The number of rotatable bonds is 5. The van der Waals surface area contributed by atoms with Gasteiger partial charge in [0.05, 0.1) is 12.7 Å². The van der Waals surface area contributed by atoms with Crippen LogP contribution in [-0.4, -0.2) is 12.7 Å². The molecule has 0 spiro atoms. The molecule has 4 nitrogen and oxygen atoms in total. The summed E-state index contributed by atoms with van der Waals surface area (Å²) in [6.45, 7) is 2.82. The second-order valence-corrected chi connectivity index (χ2v) is 8.55. The molecule has 0 bridgehead atoms. The average Bonchev–Trinajstić information content (AvgIpc) is 2.90. The third kappa shape index (κ3) is 4.11. The van der Waals surface area contributed by atoms with Gasteiger partial charge in [0, 0.05) is 11.0 Å². The lowest BCUT2D eigenvalue weighted by Crippen LogP contribution is -2.21. The molecule has 122 valence electrons. The Bertz CT molecular complexity index is 693. The molecule has 3 atom stereocenters. The van der Waals surface area contributed by atoms with Crippen LogP contribution in [0.15, 0.2) is 59.1 Å². The Morgan fingerprint density at radius 1 is 1.22 bits per heavy atom. The summed E-state index contributed by atoms with van der Waals surface area (Å²) in [7, 11) is -3.24. The Kier molecular flexibility index (Phi) is 5.34. The molecule has 1 fully saturated rings. The van der Waals surface area contributed by atoms with Crippen molar-refractivity contribution in [1.82, 2.24) is 5.32 Å². The van der Waals surface area contributed by atoms with Crippen molar-refractivity contribution in [3.05, 3.63) is 70.2 Å². The summed E-state index contributed by atoms with van der Waals surface area (Å²) in [4.78, 5) is 0.